The molecule has 7 heteroatoms. The van der Waals surface area contributed by atoms with E-state index in [0.717, 1.165) is 42.7 Å². The highest BCUT2D eigenvalue weighted by Crippen LogP contribution is 2.42. The van der Waals surface area contributed by atoms with Crippen molar-refractivity contribution in [3.05, 3.63) is 23.8 Å². The number of hydrogen-bond donors (Lipinski definition) is 1. The number of benzene rings is 1. The van der Waals surface area contributed by atoms with Crippen LogP contribution >= 0.6 is 0 Å². The van der Waals surface area contributed by atoms with Crippen molar-refractivity contribution in [3.8, 4) is 11.5 Å². The molecule has 7 nitrogen and oxygen atoms in total. The Balaban J connectivity index is 1.72. The van der Waals surface area contributed by atoms with Gasteiger partial charge in [-0.15, -0.1) is 0 Å². The van der Waals surface area contributed by atoms with Crippen LogP contribution < -0.4 is 14.8 Å². The van der Waals surface area contributed by atoms with Crippen molar-refractivity contribution >= 4 is 11.9 Å². The third kappa shape index (κ3) is 5.65. The summed E-state index contributed by atoms with van der Waals surface area (Å²) in [5.41, 5.74) is 0.652. The number of esters is 1. The summed E-state index contributed by atoms with van der Waals surface area (Å²) in [6.45, 7) is 8.31. The summed E-state index contributed by atoms with van der Waals surface area (Å²) >= 11 is 0. The molecule has 1 fully saturated rings. The van der Waals surface area contributed by atoms with Crippen molar-refractivity contribution in [1.29, 1.82) is 0 Å². The Kier molecular flexibility index (Phi) is 7.58. The Morgan fingerprint density at radius 1 is 1.13 bits per heavy atom. The molecule has 1 amide bonds. The molecule has 1 aromatic carbocycles. The molecule has 0 aromatic heterocycles. The van der Waals surface area contributed by atoms with E-state index in [0.29, 0.717) is 32.3 Å². The smallest absolute Gasteiger partial charge is 0.320 e. The number of carbonyl (C=O) groups excluding carboxylic acids is 2. The molecule has 0 unspecified atom stereocenters. The van der Waals surface area contributed by atoms with E-state index in [1.807, 2.05) is 23.1 Å². The van der Waals surface area contributed by atoms with Crippen LogP contribution in [-0.2, 0) is 19.9 Å². The Labute approximate surface area is 179 Å². The molecule has 1 aliphatic carbocycles. The monoisotopic (exact) mass is 418 g/mol. The molecule has 0 atom stereocenters. The average Bonchev–Trinajstić information content (AvgIpc) is 3.16. The van der Waals surface area contributed by atoms with E-state index in [4.69, 9.17) is 14.2 Å². The Morgan fingerprint density at radius 3 is 2.50 bits per heavy atom. The van der Waals surface area contributed by atoms with Crippen molar-refractivity contribution in [2.45, 2.75) is 52.0 Å². The fourth-order valence-electron chi connectivity index (χ4n) is 4.41. The molecule has 2 aliphatic rings. The lowest BCUT2D eigenvalue weighted by Crippen LogP contribution is -2.49. The molecule has 0 saturated heterocycles. The maximum Gasteiger partial charge on any atom is 0.320 e. The number of rotatable bonds is 9. The number of amides is 1. The molecule has 1 heterocycles. The Bertz CT molecular complexity index is 743. The fraction of sp³-hybridized carbons (Fsp3) is 0.652. The van der Waals surface area contributed by atoms with Gasteiger partial charge in [0.1, 0.15) is 13.2 Å². The van der Waals surface area contributed by atoms with Gasteiger partial charge < -0.3 is 19.5 Å². The maximum atomic E-state index is 13.0. The number of carbonyl (C=O) groups is 2. The van der Waals surface area contributed by atoms with Crippen molar-refractivity contribution in [1.82, 2.24) is 10.2 Å². The third-order valence-corrected chi connectivity index (χ3v) is 5.58. The molecular weight excluding hydrogens is 384 g/mol. The quantitative estimate of drug-likeness (QED) is 0.622. The number of hydrogen-bond acceptors (Lipinski definition) is 6. The lowest BCUT2D eigenvalue weighted by Gasteiger charge is -2.33. The minimum absolute atomic E-state index is 0.0725. The van der Waals surface area contributed by atoms with Gasteiger partial charge in [0, 0.05) is 6.54 Å². The molecule has 0 bridgehead atoms. The highest BCUT2D eigenvalue weighted by molar-refractivity contribution is 5.80. The van der Waals surface area contributed by atoms with Gasteiger partial charge in [0.05, 0.1) is 25.2 Å². The zero-order valence-electron chi connectivity index (χ0n) is 18.4. The SMILES string of the molecule is CCOC(=O)CN(CC(=O)NC1(c2ccc3c(c2)OCCO3)CCCC1)CC(C)C. The van der Waals surface area contributed by atoms with Crippen molar-refractivity contribution < 1.29 is 23.8 Å². The number of nitrogens with zero attached hydrogens (tertiary/aromatic N) is 1. The van der Waals surface area contributed by atoms with Gasteiger partial charge in [-0.25, -0.2) is 0 Å². The zero-order chi connectivity index (χ0) is 21.6. The predicted molar refractivity (Wildman–Crippen MR) is 114 cm³/mol. The highest BCUT2D eigenvalue weighted by Gasteiger charge is 2.38. The average molecular weight is 419 g/mol. The summed E-state index contributed by atoms with van der Waals surface area (Å²) in [6, 6.07) is 5.97. The van der Waals surface area contributed by atoms with Crippen molar-refractivity contribution in [2.75, 3.05) is 39.5 Å². The second-order valence-corrected chi connectivity index (χ2v) is 8.56. The summed E-state index contributed by atoms with van der Waals surface area (Å²) in [6.07, 6.45) is 3.90. The van der Waals surface area contributed by atoms with Crippen LogP contribution in [0.15, 0.2) is 18.2 Å². The van der Waals surface area contributed by atoms with Gasteiger partial charge in [0.15, 0.2) is 11.5 Å². The largest absolute Gasteiger partial charge is 0.486 e. The van der Waals surface area contributed by atoms with Crippen LogP contribution in [0.4, 0.5) is 0 Å². The predicted octanol–water partition coefficient (Wildman–Crippen LogP) is 2.86. The van der Waals surface area contributed by atoms with Crippen LogP contribution in [0.5, 0.6) is 11.5 Å². The maximum absolute atomic E-state index is 13.0. The molecule has 30 heavy (non-hydrogen) atoms. The fourth-order valence-corrected chi connectivity index (χ4v) is 4.41. The van der Waals surface area contributed by atoms with Crippen LogP contribution in [-0.4, -0.2) is 56.2 Å². The van der Waals surface area contributed by atoms with Crippen LogP contribution in [0, 0.1) is 5.92 Å². The topological polar surface area (TPSA) is 77.1 Å². The third-order valence-electron chi connectivity index (χ3n) is 5.58. The Hall–Kier alpha value is -2.28. The second-order valence-electron chi connectivity index (χ2n) is 8.56. The number of ether oxygens (including phenoxy) is 3. The first-order valence-corrected chi connectivity index (χ1v) is 11.0. The summed E-state index contributed by atoms with van der Waals surface area (Å²) in [5.74, 6) is 1.46. The minimum atomic E-state index is -0.402. The first kappa shape index (κ1) is 22.4. The number of fused-ring (bicyclic) bond motifs is 1. The standard InChI is InChI=1S/C23H34N2O5/c1-4-28-22(27)16-25(14-17(2)3)15-21(26)24-23(9-5-6-10-23)18-7-8-19-20(13-18)30-12-11-29-19/h7-8,13,17H,4-6,9-12,14-16H2,1-3H3,(H,24,26). The van der Waals surface area contributed by atoms with E-state index in [9.17, 15) is 9.59 Å². The van der Waals surface area contributed by atoms with Gasteiger partial charge in [0.2, 0.25) is 5.91 Å². The Morgan fingerprint density at radius 2 is 1.83 bits per heavy atom. The van der Waals surface area contributed by atoms with Gasteiger partial charge in [-0.2, -0.15) is 0 Å². The van der Waals surface area contributed by atoms with Gasteiger partial charge in [0.25, 0.3) is 0 Å². The van der Waals surface area contributed by atoms with E-state index in [1.165, 1.54) is 0 Å². The molecule has 1 saturated carbocycles. The zero-order valence-corrected chi connectivity index (χ0v) is 18.4. The highest BCUT2D eigenvalue weighted by atomic mass is 16.6. The minimum Gasteiger partial charge on any atom is -0.486 e. The van der Waals surface area contributed by atoms with Crippen molar-refractivity contribution in [3.63, 3.8) is 0 Å². The van der Waals surface area contributed by atoms with E-state index in [2.05, 4.69) is 19.2 Å². The summed E-state index contributed by atoms with van der Waals surface area (Å²) in [7, 11) is 0. The van der Waals surface area contributed by atoms with Crippen molar-refractivity contribution in [2.24, 2.45) is 5.92 Å². The van der Waals surface area contributed by atoms with Crippen LogP contribution in [0.3, 0.4) is 0 Å². The molecule has 0 radical (unpaired) electrons. The molecule has 3 rings (SSSR count). The van der Waals surface area contributed by atoms with Crippen LogP contribution in [0.1, 0.15) is 52.0 Å². The molecule has 1 aromatic rings. The van der Waals surface area contributed by atoms with E-state index < -0.39 is 5.54 Å². The molecular formula is C23H34N2O5. The number of nitrogens with one attached hydrogen (secondary N) is 1. The summed E-state index contributed by atoms with van der Waals surface area (Å²) in [4.78, 5) is 26.9. The van der Waals surface area contributed by atoms with E-state index in [-0.39, 0.29) is 25.0 Å². The first-order valence-electron chi connectivity index (χ1n) is 11.0. The molecule has 0 spiro atoms. The molecule has 1 aliphatic heterocycles. The normalized spacial score (nSPS) is 17.2. The lowest BCUT2D eigenvalue weighted by molar-refractivity contribution is -0.144. The van der Waals surface area contributed by atoms with E-state index in [1.54, 1.807) is 6.92 Å². The molecule has 166 valence electrons. The van der Waals surface area contributed by atoms with Crippen LogP contribution in [0.2, 0.25) is 0 Å². The second kappa shape index (κ2) is 10.2. The summed E-state index contributed by atoms with van der Waals surface area (Å²) in [5, 5.41) is 3.30. The van der Waals surface area contributed by atoms with Gasteiger partial charge in [-0.05, 0) is 43.4 Å². The van der Waals surface area contributed by atoms with Gasteiger partial charge in [-0.1, -0.05) is 32.8 Å². The molecule has 1 N–H and O–H groups in total. The van der Waals surface area contributed by atoms with Gasteiger partial charge >= 0.3 is 5.97 Å². The van der Waals surface area contributed by atoms with Crippen LogP contribution in [0.25, 0.3) is 0 Å². The van der Waals surface area contributed by atoms with Gasteiger partial charge in [-0.3, -0.25) is 14.5 Å². The summed E-state index contributed by atoms with van der Waals surface area (Å²) < 4.78 is 16.5. The van der Waals surface area contributed by atoms with E-state index >= 15 is 0 Å². The lowest BCUT2D eigenvalue weighted by atomic mass is 9.87. The first-order chi connectivity index (χ1) is 14.4.